The number of aromatic nitrogens is 4. The van der Waals surface area contributed by atoms with Crippen LogP contribution in [0.3, 0.4) is 0 Å². The lowest BCUT2D eigenvalue weighted by molar-refractivity contribution is 0.391. The van der Waals surface area contributed by atoms with Gasteiger partial charge in [-0.2, -0.15) is 4.98 Å². The molecule has 6 heteroatoms. The molecule has 92 valence electrons. The summed E-state index contributed by atoms with van der Waals surface area (Å²) in [6.07, 6.45) is 1.88. The molecule has 0 aliphatic heterocycles. The van der Waals surface area contributed by atoms with Crippen molar-refractivity contribution < 1.29 is 4.52 Å². The molecule has 1 N–H and O–H groups in total. The zero-order valence-electron chi connectivity index (χ0n) is 10.2. The Morgan fingerprint density at radius 2 is 2.28 bits per heavy atom. The minimum absolute atomic E-state index is 0.549. The van der Waals surface area contributed by atoms with Gasteiger partial charge in [-0.1, -0.05) is 11.2 Å². The summed E-state index contributed by atoms with van der Waals surface area (Å²) in [5.41, 5.74) is 2.79. The second-order valence-electron chi connectivity index (χ2n) is 4.18. The smallest absolute Gasteiger partial charge is 0.243 e. The fourth-order valence-corrected chi connectivity index (χ4v) is 1.79. The van der Waals surface area contributed by atoms with Gasteiger partial charge in [-0.25, -0.2) is 4.52 Å². The summed E-state index contributed by atoms with van der Waals surface area (Å²) in [6.45, 7) is 4.42. The summed E-state index contributed by atoms with van der Waals surface area (Å²) in [5, 5.41) is 11.4. The first-order chi connectivity index (χ1) is 8.72. The van der Waals surface area contributed by atoms with Crippen LogP contribution in [0.5, 0.6) is 0 Å². The van der Waals surface area contributed by atoms with Gasteiger partial charge in [0.1, 0.15) is 11.5 Å². The SMILES string of the molecule is Cc1cc(CNc2nc3c(C)cccn3n2)no1. The van der Waals surface area contributed by atoms with Crippen LogP contribution < -0.4 is 5.32 Å². The van der Waals surface area contributed by atoms with Gasteiger partial charge in [0.25, 0.3) is 0 Å². The van der Waals surface area contributed by atoms with Crippen LogP contribution in [-0.4, -0.2) is 19.8 Å². The number of nitrogens with zero attached hydrogens (tertiary/aromatic N) is 4. The largest absolute Gasteiger partial charge is 0.361 e. The molecule has 0 saturated heterocycles. The fourth-order valence-electron chi connectivity index (χ4n) is 1.79. The third-order valence-corrected chi connectivity index (χ3v) is 2.66. The lowest BCUT2D eigenvalue weighted by Crippen LogP contribution is -2.01. The van der Waals surface area contributed by atoms with Crippen molar-refractivity contribution in [3.8, 4) is 0 Å². The summed E-state index contributed by atoms with van der Waals surface area (Å²) in [6, 6.07) is 5.84. The third kappa shape index (κ3) is 1.92. The quantitative estimate of drug-likeness (QED) is 0.761. The predicted octanol–water partition coefficient (Wildman–Crippen LogP) is 1.95. The van der Waals surface area contributed by atoms with Gasteiger partial charge >= 0.3 is 0 Å². The maximum absolute atomic E-state index is 4.99. The monoisotopic (exact) mass is 243 g/mol. The van der Waals surface area contributed by atoms with E-state index in [2.05, 4.69) is 20.6 Å². The Morgan fingerprint density at radius 1 is 1.39 bits per heavy atom. The number of nitrogens with one attached hydrogen (secondary N) is 1. The molecule has 0 amide bonds. The van der Waals surface area contributed by atoms with Gasteiger partial charge in [0.05, 0.1) is 6.54 Å². The average Bonchev–Trinajstić information content (AvgIpc) is 2.93. The Labute approximate surface area is 104 Å². The Kier molecular flexibility index (Phi) is 2.47. The summed E-state index contributed by atoms with van der Waals surface area (Å²) in [4.78, 5) is 4.42. The number of fused-ring (bicyclic) bond motifs is 1. The highest BCUT2D eigenvalue weighted by Crippen LogP contribution is 2.10. The maximum atomic E-state index is 4.99. The Balaban J connectivity index is 1.81. The van der Waals surface area contributed by atoms with Crippen molar-refractivity contribution in [2.45, 2.75) is 20.4 Å². The van der Waals surface area contributed by atoms with E-state index in [-0.39, 0.29) is 0 Å². The zero-order valence-corrected chi connectivity index (χ0v) is 10.2. The van der Waals surface area contributed by atoms with E-state index in [4.69, 9.17) is 4.52 Å². The highest BCUT2D eigenvalue weighted by Gasteiger charge is 2.06. The van der Waals surface area contributed by atoms with Crippen molar-refractivity contribution in [3.63, 3.8) is 0 Å². The molecule has 0 aromatic carbocycles. The lowest BCUT2D eigenvalue weighted by atomic mass is 10.3. The standard InChI is InChI=1S/C12H13N5O/c1-8-4-3-5-17-11(8)14-12(15-17)13-7-10-6-9(2)18-16-10/h3-6H,7H2,1-2H3,(H,13,15). The second-order valence-corrected chi connectivity index (χ2v) is 4.18. The van der Waals surface area contributed by atoms with E-state index in [1.54, 1.807) is 4.52 Å². The van der Waals surface area contributed by atoms with Gasteiger partial charge in [-0.05, 0) is 25.5 Å². The van der Waals surface area contributed by atoms with Crippen molar-refractivity contribution in [3.05, 3.63) is 41.4 Å². The normalized spacial score (nSPS) is 11.0. The van der Waals surface area contributed by atoms with Gasteiger partial charge in [-0.3, -0.25) is 0 Å². The van der Waals surface area contributed by atoms with Crippen LogP contribution in [-0.2, 0) is 6.54 Å². The maximum Gasteiger partial charge on any atom is 0.243 e. The molecule has 0 spiro atoms. The first-order valence-electron chi connectivity index (χ1n) is 5.70. The van der Waals surface area contributed by atoms with Gasteiger partial charge in [-0.15, -0.1) is 5.10 Å². The fraction of sp³-hybridized carbons (Fsp3) is 0.250. The van der Waals surface area contributed by atoms with Gasteiger partial charge in [0, 0.05) is 12.3 Å². The number of aryl methyl sites for hydroxylation is 2. The molecule has 0 aliphatic rings. The van der Waals surface area contributed by atoms with Gasteiger partial charge < -0.3 is 9.84 Å². The van der Waals surface area contributed by atoms with Crippen LogP contribution in [0.15, 0.2) is 28.9 Å². The van der Waals surface area contributed by atoms with Crippen LogP contribution in [0, 0.1) is 13.8 Å². The first-order valence-corrected chi connectivity index (χ1v) is 5.70. The molecule has 18 heavy (non-hydrogen) atoms. The van der Waals surface area contributed by atoms with E-state index in [0.717, 1.165) is 22.7 Å². The summed E-state index contributed by atoms with van der Waals surface area (Å²) in [7, 11) is 0. The minimum atomic E-state index is 0.549. The van der Waals surface area contributed by atoms with E-state index >= 15 is 0 Å². The zero-order chi connectivity index (χ0) is 12.5. The molecule has 0 saturated carbocycles. The molecular weight excluding hydrogens is 230 g/mol. The van der Waals surface area contributed by atoms with Gasteiger partial charge in [0.2, 0.25) is 5.95 Å². The molecule has 0 fully saturated rings. The number of hydrogen-bond acceptors (Lipinski definition) is 5. The van der Waals surface area contributed by atoms with E-state index in [1.165, 1.54) is 0 Å². The second kappa shape index (κ2) is 4.14. The number of pyridine rings is 1. The molecule has 3 aromatic rings. The van der Waals surface area contributed by atoms with E-state index in [9.17, 15) is 0 Å². The lowest BCUT2D eigenvalue weighted by Gasteiger charge is -1.95. The van der Waals surface area contributed by atoms with Crippen LogP contribution >= 0.6 is 0 Å². The van der Waals surface area contributed by atoms with Crippen LogP contribution in [0.4, 0.5) is 5.95 Å². The molecule has 0 bridgehead atoms. The molecule has 6 nitrogen and oxygen atoms in total. The van der Waals surface area contributed by atoms with E-state index in [0.29, 0.717) is 12.5 Å². The van der Waals surface area contributed by atoms with E-state index < -0.39 is 0 Å². The number of hydrogen-bond donors (Lipinski definition) is 1. The van der Waals surface area contributed by atoms with Crippen molar-refractivity contribution in [1.82, 2.24) is 19.8 Å². The highest BCUT2D eigenvalue weighted by atomic mass is 16.5. The van der Waals surface area contributed by atoms with Crippen molar-refractivity contribution in [1.29, 1.82) is 0 Å². The van der Waals surface area contributed by atoms with Crippen LogP contribution in [0.25, 0.3) is 5.65 Å². The van der Waals surface area contributed by atoms with E-state index in [1.807, 2.05) is 38.2 Å². The first kappa shape index (κ1) is 10.8. The molecule has 3 heterocycles. The third-order valence-electron chi connectivity index (χ3n) is 2.66. The molecule has 0 aliphatic carbocycles. The van der Waals surface area contributed by atoms with Crippen molar-refractivity contribution in [2.24, 2.45) is 0 Å². The van der Waals surface area contributed by atoms with Gasteiger partial charge in [0.15, 0.2) is 5.65 Å². The summed E-state index contributed by atoms with van der Waals surface area (Å²) in [5.74, 6) is 1.38. The summed E-state index contributed by atoms with van der Waals surface area (Å²) < 4.78 is 6.75. The molecule has 0 unspecified atom stereocenters. The average molecular weight is 243 g/mol. The molecule has 3 rings (SSSR count). The summed E-state index contributed by atoms with van der Waals surface area (Å²) >= 11 is 0. The van der Waals surface area contributed by atoms with Crippen LogP contribution in [0.2, 0.25) is 0 Å². The van der Waals surface area contributed by atoms with Crippen molar-refractivity contribution >= 4 is 11.6 Å². The molecule has 3 aromatic heterocycles. The topological polar surface area (TPSA) is 68.2 Å². The highest BCUT2D eigenvalue weighted by molar-refractivity contribution is 5.49. The Bertz CT molecular complexity index is 685. The van der Waals surface area contributed by atoms with Crippen molar-refractivity contribution in [2.75, 3.05) is 5.32 Å². The number of rotatable bonds is 3. The Hall–Kier alpha value is -2.37. The molecule has 0 radical (unpaired) electrons. The Morgan fingerprint density at radius 3 is 3.00 bits per heavy atom. The molecule has 0 atom stereocenters. The predicted molar refractivity (Wildman–Crippen MR) is 66.3 cm³/mol. The number of anilines is 1. The molecular formula is C12H13N5O. The minimum Gasteiger partial charge on any atom is -0.361 e. The van der Waals surface area contributed by atoms with Crippen LogP contribution in [0.1, 0.15) is 17.0 Å².